The van der Waals surface area contributed by atoms with E-state index in [2.05, 4.69) is 30.0 Å². The van der Waals surface area contributed by atoms with Gasteiger partial charge in [-0.2, -0.15) is 0 Å². The number of ketones is 1. The second-order valence-electron chi connectivity index (χ2n) is 6.81. The number of hydrogen-bond donors (Lipinski definition) is 3. The fraction of sp³-hybridized carbons (Fsp3) is 0.526. The molecule has 3 atom stereocenters. The van der Waals surface area contributed by atoms with Gasteiger partial charge in [-0.1, -0.05) is 57.0 Å². The van der Waals surface area contributed by atoms with E-state index in [0.29, 0.717) is 28.6 Å². The highest BCUT2D eigenvalue weighted by Gasteiger charge is 2.27. The topological polar surface area (TPSA) is 70.2 Å². The van der Waals surface area contributed by atoms with E-state index >= 15 is 0 Å². The van der Waals surface area contributed by atoms with Crippen LogP contribution in [0, 0.1) is 11.8 Å². The molecule has 0 spiro atoms. The predicted molar refractivity (Wildman–Crippen MR) is 103 cm³/mol. The Kier molecular flexibility index (Phi) is 7.37. The van der Waals surface area contributed by atoms with Crippen molar-refractivity contribution in [2.24, 2.45) is 11.8 Å². The Balaban J connectivity index is 1.67. The van der Waals surface area contributed by atoms with Crippen LogP contribution in [-0.4, -0.2) is 22.8 Å². The van der Waals surface area contributed by atoms with Gasteiger partial charge in [-0.05, 0) is 30.5 Å². The molecule has 3 N–H and O–H groups in total. The fourth-order valence-corrected chi connectivity index (χ4v) is 3.38. The van der Waals surface area contributed by atoms with Crippen LogP contribution in [0.4, 0.5) is 0 Å². The van der Waals surface area contributed by atoms with Crippen LogP contribution in [0.15, 0.2) is 30.3 Å². The summed E-state index contributed by atoms with van der Waals surface area (Å²) in [5.74, 6) is 0.931. The van der Waals surface area contributed by atoms with Gasteiger partial charge in [-0.15, -0.1) is 0 Å². The van der Waals surface area contributed by atoms with E-state index < -0.39 is 0 Å². The standard InChI is InChI=1S/C19H27N3O2S/c1-13-7-6-10-16(14(13)2)20-19(25)22-21-18(24)12-11-17(23)15-8-4-3-5-9-15/h3-5,8-9,13-14,16H,6-7,10-12H2,1-2H3,(H,21,24)(H2,20,22,25)/t13-,14-,16-/m1/s1. The van der Waals surface area contributed by atoms with Crippen molar-refractivity contribution in [3.05, 3.63) is 35.9 Å². The summed E-state index contributed by atoms with van der Waals surface area (Å²) in [6.45, 7) is 4.50. The summed E-state index contributed by atoms with van der Waals surface area (Å²) in [7, 11) is 0. The number of hydrogen-bond acceptors (Lipinski definition) is 3. The maximum absolute atomic E-state index is 12.0. The molecule has 0 heterocycles. The molecule has 0 aliphatic heterocycles. The Morgan fingerprint density at radius 1 is 1.08 bits per heavy atom. The first-order valence-corrected chi connectivity index (χ1v) is 9.31. The number of amides is 1. The molecule has 1 saturated carbocycles. The second-order valence-corrected chi connectivity index (χ2v) is 7.22. The number of carbonyl (C=O) groups excluding carboxylic acids is 2. The minimum atomic E-state index is -0.251. The molecule has 2 rings (SSSR count). The van der Waals surface area contributed by atoms with Crippen LogP contribution < -0.4 is 16.2 Å². The molecular formula is C19H27N3O2S. The Hall–Kier alpha value is -1.95. The molecular weight excluding hydrogens is 334 g/mol. The van der Waals surface area contributed by atoms with Gasteiger partial charge in [0.15, 0.2) is 10.9 Å². The molecule has 1 aliphatic rings. The van der Waals surface area contributed by atoms with Crippen LogP contribution >= 0.6 is 12.2 Å². The minimum absolute atomic E-state index is 0.0403. The summed E-state index contributed by atoms with van der Waals surface area (Å²) in [6, 6.07) is 9.32. The van der Waals surface area contributed by atoms with Crippen LogP contribution in [0.5, 0.6) is 0 Å². The third-order valence-electron chi connectivity index (χ3n) is 5.01. The third-order valence-corrected chi connectivity index (χ3v) is 5.23. The average molecular weight is 362 g/mol. The minimum Gasteiger partial charge on any atom is -0.358 e. The zero-order chi connectivity index (χ0) is 18.2. The zero-order valence-electron chi connectivity index (χ0n) is 14.9. The molecule has 1 fully saturated rings. The van der Waals surface area contributed by atoms with E-state index in [-0.39, 0.29) is 24.5 Å². The van der Waals surface area contributed by atoms with Gasteiger partial charge in [0.1, 0.15) is 0 Å². The summed E-state index contributed by atoms with van der Waals surface area (Å²) >= 11 is 5.25. The molecule has 0 aromatic heterocycles. The van der Waals surface area contributed by atoms with Crippen molar-refractivity contribution in [2.75, 3.05) is 0 Å². The van der Waals surface area contributed by atoms with Crippen molar-refractivity contribution in [1.82, 2.24) is 16.2 Å². The highest BCUT2D eigenvalue weighted by atomic mass is 32.1. The van der Waals surface area contributed by atoms with E-state index in [1.807, 2.05) is 18.2 Å². The molecule has 1 aliphatic carbocycles. The van der Waals surface area contributed by atoms with Gasteiger partial charge in [0.2, 0.25) is 5.91 Å². The van der Waals surface area contributed by atoms with Gasteiger partial charge in [0.25, 0.3) is 0 Å². The lowest BCUT2D eigenvalue weighted by Gasteiger charge is -2.35. The lowest BCUT2D eigenvalue weighted by Crippen LogP contribution is -2.52. The molecule has 6 heteroatoms. The number of Topliss-reactive ketones (excluding diaryl/α,β-unsaturated/α-hetero) is 1. The Bertz CT molecular complexity index is 606. The summed E-state index contributed by atoms with van der Waals surface area (Å²) in [5, 5.41) is 3.71. The summed E-state index contributed by atoms with van der Waals surface area (Å²) in [4.78, 5) is 23.9. The van der Waals surface area contributed by atoms with Crippen LogP contribution in [0.3, 0.4) is 0 Å². The predicted octanol–water partition coefficient (Wildman–Crippen LogP) is 2.97. The van der Waals surface area contributed by atoms with Crippen LogP contribution in [0.1, 0.15) is 56.3 Å². The third kappa shape index (κ3) is 6.12. The molecule has 5 nitrogen and oxygen atoms in total. The van der Waals surface area contributed by atoms with E-state index in [1.165, 1.54) is 12.8 Å². The van der Waals surface area contributed by atoms with Crippen LogP contribution in [0.25, 0.3) is 0 Å². The Morgan fingerprint density at radius 3 is 2.52 bits per heavy atom. The fourth-order valence-electron chi connectivity index (χ4n) is 3.17. The normalized spacial score (nSPS) is 22.7. The van der Waals surface area contributed by atoms with Crippen LogP contribution in [0.2, 0.25) is 0 Å². The maximum atomic E-state index is 12.0. The van der Waals surface area contributed by atoms with Crippen molar-refractivity contribution in [1.29, 1.82) is 0 Å². The van der Waals surface area contributed by atoms with E-state index in [1.54, 1.807) is 12.1 Å². The number of thiocarbonyl (C=S) groups is 1. The van der Waals surface area contributed by atoms with Crippen molar-refractivity contribution >= 4 is 29.0 Å². The van der Waals surface area contributed by atoms with Gasteiger partial charge < -0.3 is 5.32 Å². The lowest BCUT2D eigenvalue weighted by molar-refractivity contribution is -0.121. The first kappa shape index (κ1) is 19.4. The van der Waals surface area contributed by atoms with Gasteiger partial charge in [-0.25, -0.2) is 0 Å². The second kappa shape index (κ2) is 9.51. The number of hydrazine groups is 1. The first-order valence-electron chi connectivity index (χ1n) is 8.91. The van der Waals surface area contributed by atoms with Crippen molar-refractivity contribution < 1.29 is 9.59 Å². The molecule has 1 amide bonds. The van der Waals surface area contributed by atoms with E-state index in [0.717, 1.165) is 6.42 Å². The van der Waals surface area contributed by atoms with Gasteiger partial charge >= 0.3 is 0 Å². The monoisotopic (exact) mass is 361 g/mol. The number of rotatable bonds is 5. The zero-order valence-corrected chi connectivity index (χ0v) is 15.7. The quantitative estimate of drug-likeness (QED) is 0.427. The molecule has 0 saturated heterocycles. The SMILES string of the molecule is C[C@@H]1[C@H](C)CCC[C@H]1NC(=S)NNC(=O)CCC(=O)c1ccccc1. The number of carbonyl (C=O) groups is 2. The van der Waals surface area contributed by atoms with Gasteiger partial charge in [-0.3, -0.25) is 20.4 Å². The van der Waals surface area contributed by atoms with E-state index in [4.69, 9.17) is 12.2 Å². The molecule has 0 radical (unpaired) electrons. The molecule has 25 heavy (non-hydrogen) atoms. The highest BCUT2D eigenvalue weighted by molar-refractivity contribution is 7.80. The Labute approximate surface area is 154 Å². The van der Waals surface area contributed by atoms with E-state index in [9.17, 15) is 9.59 Å². The lowest BCUT2D eigenvalue weighted by atomic mass is 9.78. The van der Waals surface area contributed by atoms with Crippen molar-refractivity contribution in [3.63, 3.8) is 0 Å². The molecule has 1 aromatic rings. The molecule has 1 aromatic carbocycles. The van der Waals surface area contributed by atoms with Crippen molar-refractivity contribution in [3.8, 4) is 0 Å². The summed E-state index contributed by atoms with van der Waals surface area (Å²) < 4.78 is 0. The summed E-state index contributed by atoms with van der Waals surface area (Å²) in [5.41, 5.74) is 5.92. The molecule has 0 unspecified atom stereocenters. The van der Waals surface area contributed by atoms with Crippen LogP contribution in [-0.2, 0) is 4.79 Å². The smallest absolute Gasteiger partial charge is 0.238 e. The molecule has 0 bridgehead atoms. The highest BCUT2D eigenvalue weighted by Crippen LogP contribution is 2.29. The summed E-state index contributed by atoms with van der Waals surface area (Å²) in [6.07, 6.45) is 3.84. The molecule has 136 valence electrons. The number of benzene rings is 1. The average Bonchev–Trinajstić information content (AvgIpc) is 2.62. The largest absolute Gasteiger partial charge is 0.358 e. The van der Waals surface area contributed by atoms with Gasteiger partial charge in [0, 0.05) is 24.4 Å². The van der Waals surface area contributed by atoms with Crippen molar-refractivity contribution in [2.45, 2.75) is 52.0 Å². The maximum Gasteiger partial charge on any atom is 0.238 e. The number of nitrogens with one attached hydrogen (secondary N) is 3. The Morgan fingerprint density at radius 2 is 1.80 bits per heavy atom. The first-order chi connectivity index (χ1) is 12.0. The van der Waals surface area contributed by atoms with Gasteiger partial charge in [0.05, 0.1) is 0 Å².